The molecule has 0 amide bonds. The fourth-order valence-electron chi connectivity index (χ4n) is 2.89. The van der Waals surface area contributed by atoms with Crippen molar-refractivity contribution in [2.24, 2.45) is 0 Å². The molecule has 3 aromatic rings. The van der Waals surface area contributed by atoms with Crippen LogP contribution in [-0.2, 0) is 19.5 Å². The van der Waals surface area contributed by atoms with Crippen LogP contribution in [0.2, 0.25) is 0 Å². The first-order valence-electron chi connectivity index (χ1n) is 8.71. The highest BCUT2D eigenvalue weighted by atomic mass is 16.4. The van der Waals surface area contributed by atoms with Gasteiger partial charge in [0.2, 0.25) is 11.8 Å². The largest absolute Gasteiger partial charge is 0.423 e. The quantitative estimate of drug-likeness (QED) is 0.611. The molecule has 2 aromatic heterocycles. The van der Waals surface area contributed by atoms with Crippen LogP contribution in [0, 0.1) is 0 Å². The van der Waals surface area contributed by atoms with E-state index in [4.69, 9.17) is 4.42 Å². The second kappa shape index (κ2) is 8.06. The third-order valence-electron chi connectivity index (χ3n) is 4.11. The minimum Gasteiger partial charge on any atom is -0.423 e. The molecule has 0 spiro atoms. The summed E-state index contributed by atoms with van der Waals surface area (Å²) >= 11 is 0. The van der Waals surface area contributed by atoms with E-state index in [-0.39, 0.29) is 0 Å². The zero-order valence-electron chi connectivity index (χ0n) is 14.5. The molecule has 0 saturated heterocycles. The number of fused-ring (bicyclic) bond motifs is 1. The number of para-hydroxylation sites is 2. The number of rotatable bonds is 9. The molecule has 0 aliphatic heterocycles. The molecule has 0 aliphatic carbocycles. The Morgan fingerprint density at radius 2 is 1.92 bits per heavy atom. The van der Waals surface area contributed by atoms with E-state index in [1.165, 1.54) is 19.3 Å². The van der Waals surface area contributed by atoms with Gasteiger partial charge in [-0.15, -0.1) is 10.2 Å². The summed E-state index contributed by atoms with van der Waals surface area (Å²) in [6.07, 6.45) is 5.68. The van der Waals surface area contributed by atoms with Crippen LogP contribution in [0.1, 0.15) is 50.2 Å². The summed E-state index contributed by atoms with van der Waals surface area (Å²) in [6, 6.07) is 8.13. The highest BCUT2D eigenvalue weighted by molar-refractivity contribution is 5.75. The lowest BCUT2D eigenvalue weighted by molar-refractivity contribution is 0.429. The lowest BCUT2D eigenvalue weighted by Crippen LogP contribution is -2.13. The van der Waals surface area contributed by atoms with E-state index < -0.39 is 0 Å². The number of aromatic nitrogens is 4. The normalized spacial score (nSPS) is 11.4. The molecule has 2 heterocycles. The topological polar surface area (TPSA) is 68.8 Å². The number of hydrogen-bond acceptors (Lipinski definition) is 5. The van der Waals surface area contributed by atoms with E-state index in [2.05, 4.69) is 38.1 Å². The highest BCUT2D eigenvalue weighted by Gasteiger charge is 2.13. The molecule has 0 bridgehead atoms. The molecule has 0 fully saturated rings. The van der Waals surface area contributed by atoms with Crippen molar-refractivity contribution in [1.29, 1.82) is 0 Å². The fourth-order valence-corrected chi connectivity index (χ4v) is 2.89. The molecule has 0 aliphatic rings. The van der Waals surface area contributed by atoms with Crippen LogP contribution in [0.4, 0.5) is 0 Å². The summed E-state index contributed by atoms with van der Waals surface area (Å²) in [4.78, 5) is 4.69. The molecular weight excluding hydrogens is 302 g/mol. The summed E-state index contributed by atoms with van der Waals surface area (Å²) in [5.74, 6) is 2.35. The van der Waals surface area contributed by atoms with Gasteiger partial charge < -0.3 is 14.3 Å². The van der Waals surface area contributed by atoms with Crippen LogP contribution in [0.15, 0.2) is 28.7 Å². The third kappa shape index (κ3) is 3.82. The highest BCUT2D eigenvalue weighted by Crippen LogP contribution is 2.18. The summed E-state index contributed by atoms with van der Waals surface area (Å²) in [5.41, 5.74) is 2.08. The lowest BCUT2D eigenvalue weighted by Gasteiger charge is -2.06. The van der Waals surface area contributed by atoms with Crippen LogP contribution in [0.3, 0.4) is 0 Å². The number of unbranched alkanes of at least 4 members (excludes halogenated alkanes) is 3. The smallest absolute Gasteiger partial charge is 0.236 e. The van der Waals surface area contributed by atoms with E-state index in [1.54, 1.807) is 0 Å². The molecule has 0 saturated carbocycles. The monoisotopic (exact) mass is 327 g/mol. The Labute approximate surface area is 142 Å². The van der Waals surface area contributed by atoms with Gasteiger partial charge in [0.05, 0.1) is 17.6 Å². The van der Waals surface area contributed by atoms with Crippen molar-refractivity contribution < 1.29 is 4.42 Å². The van der Waals surface area contributed by atoms with Crippen molar-refractivity contribution in [1.82, 2.24) is 25.1 Å². The van der Waals surface area contributed by atoms with Gasteiger partial charge in [0.1, 0.15) is 12.4 Å². The van der Waals surface area contributed by atoms with Gasteiger partial charge in [0.25, 0.3) is 0 Å². The summed E-state index contributed by atoms with van der Waals surface area (Å²) in [5, 5.41) is 11.6. The molecule has 1 aromatic carbocycles. The zero-order valence-corrected chi connectivity index (χ0v) is 14.5. The predicted octanol–water partition coefficient (Wildman–Crippen LogP) is 3.31. The molecule has 24 heavy (non-hydrogen) atoms. The number of hydrogen-bond donors (Lipinski definition) is 1. The number of nitrogens with one attached hydrogen (secondary N) is 1. The summed E-state index contributed by atoms with van der Waals surface area (Å²) in [6.45, 7) is 3.47. The van der Waals surface area contributed by atoms with E-state index >= 15 is 0 Å². The second-order valence-electron chi connectivity index (χ2n) is 6.03. The van der Waals surface area contributed by atoms with E-state index in [0.29, 0.717) is 19.0 Å². The van der Waals surface area contributed by atoms with Crippen molar-refractivity contribution in [2.45, 2.75) is 52.1 Å². The summed E-state index contributed by atoms with van der Waals surface area (Å²) in [7, 11) is 1.92. The molecule has 0 unspecified atom stereocenters. The number of imidazole rings is 1. The first-order chi connectivity index (χ1) is 11.8. The van der Waals surface area contributed by atoms with Gasteiger partial charge in [-0.25, -0.2) is 4.98 Å². The van der Waals surface area contributed by atoms with Gasteiger partial charge in [0.15, 0.2) is 0 Å². The predicted molar refractivity (Wildman–Crippen MR) is 93.7 cm³/mol. The van der Waals surface area contributed by atoms with Crippen LogP contribution in [0.5, 0.6) is 0 Å². The van der Waals surface area contributed by atoms with E-state index in [0.717, 1.165) is 35.6 Å². The fraction of sp³-hybridized carbons (Fsp3) is 0.500. The second-order valence-corrected chi connectivity index (χ2v) is 6.03. The molecule has 6 heteroatoms. The van der Waals surface area contributed by atoms with Gasteiger partial charge in [-0.2, -0.15) is 0 Å². The minimum atomic E-state index is 0.555. The molecule has 128 valence electrons. The van der Waals surface area contributed by atoms with Crippen molar-refractivity contribution in [3.63, 3.8) is 0 Å². The van der Waals surface area contributed by atoms with Crippen molar-refractivity contribution in [3.05, 3.63) is 41.9 Å². The van der Waals surface area contributed by atoms with Crippen molar-refractivity contribution in [2.75, 3.05) is 7.05 Å². The van der Waals surface area contributed by atoms with Crippen LogP contribution in [0.25, 0.3) is 11.0 Å². The average molecular weight is 327 g/mol. The third-order valence-corrected chi connectivity index (χ3v) is 4.11. The SMILES string of the molecule is CCCCCCc1nnc(Cn2c(CNC)nc3ccccc32)o1. The molecule has 0 radical (unpaired) electrons. The van der Waals surface area contributed by atoms with Crippen molar-refractivity contribution in [3.8, 4) is 0 Å². The van der Waals surface area contributed by atoms with Crippen LogP contribution in [-0.4, -0.2) is 26.8 Å². The Morgan fingerprint density at radius 3 is 2.75 bits per heavy atom. The molecular formula is C18H25N5O. The first-order valence-corrected chi connectivity index (χ1v) is 8.71. The molecule has 1 N–H and O–H groups in total. The maximum Gasteiger partial charge on any atom is 0.236 e. The van der Waals surface area contributed by atoms with Gasteiger partial charge in [-0.3, -0.25) is 0 Å². The maximum absolute atomic E-state index is 5.83. The molecule has 0 atom stereocenters. The molecule has 6 nitrogen and oxygen atoms in total. The molecule has 3 rings (SSSR count). The lowest BCUT2D eigenvalue weighted by atomic mass is 10.1. The number of benzene rings is 1. The van der Waals surface area contributed by atoms with Gasteiger partial charge >= 0.3 is 0 Å². The maximum atomic E-state index is 5.83. The Kier molecular flexibility index (Phi) is 5.59. The summed E-state index contributed by atoms with van der Waals surface area (Å²) < 4.78 is 7.97. The Morgan fingerprint density at radius 1 is 1.08 bits per heavy atom. The van der Waals surface area contributed by atoms with Gasteiger partial charge in [-0.1, -0.05) is 38.3 Å². The van der Waals surface area contributed by atoms with Gasteiger partial charge in [-0.05, 0) is 25.6 Å². The first kappa shape index (κ1) is 16.6. The standard InChI is InChI=1S/C18H25N5O/c1-3-4-5-6-11-17-21-22-18(24-17)13-23-15-10-8-7-9-14(15)20-16(23)12-19-2/h7-10,19H,3-6,11-13H2,1-2H3. The van der Waals surface area contributed by atoms with Gasteiger partial charge in [0, 0.05) is 6.42 Å². The number of nitrogens with zero attached hydrogens (tertiary/aromatic N) is 4. The minimum absolute atomic E-state index is 0.555. The van der Waals surface area contributed by atoms with Crippen LogP contribution >= 0.6 is 0 Å². The van der Waals surface area contributed by atoms with E-state index in [9.17, 15) is 0 Å². The Hall–Kier alpha value is -2.21. The average Bonchev–Trinajstić information content (AvgIpc) is 3.18. The Bertz CT molecular complexity index is 777. The van der Waals surface area contributed by atoms with Crippen molar-refractivity contribution >= 4 is 11.0 Å². The van der Waals surface area contributed by atoms with E-state index in [1.807, 2.05) is 25.2 Å². The number of aryl methyl sites for hydroxylation is 1. The zero-order chi connectivity index (χ0) is 16.8. The van der Waals surface area contributed by atoms with Crippen LogP contribution < -0.4 is 5.32 Å². The Balaban J connectivity index is 1.75.